The van der Waals surface area contributed by atoms with Crippen LogP contribution in [0.25, 0.3) is 22.2 Å². The number of hydrogen-bond acceptors (Lipinski definition) is 8. The monoisotopic (exact) mass is 498 g/mol. The van der Waals surface area contributed by atoms with Gasteiger partial charge in [0.15, 0.2) is 28.3 Å². The van der Waals surface area contributed by atoms with Gasteiger partial charge in [0, 0.05) is 12.3 Å². The fourth-order valence-electron chi connectivity index (χ4n) is 4.21. The van der Waals surface area contributed by atoms with Crippen molar-refractivity contribution in [3.05, 3.63) is 36.3 Å². The highest BCUT2D eigenvalue weighted by Gasteiger charge is 2.28. The van der Waals surface area contributed by atoms with Crippen LogP contribution < -0.4 is 19.9 Å². The number of H-pyrrole nitrogens is 1. The molecular formula is C24H32N7O5+. The number of imidazole rings is 1. The number of aliphatic hydroxyl groups excluding tert-OH is 1. The molecule has 36 heavy (non-hydrogen) atoms. The van der Waals surface area contributed by atoms with Crippen LogP contribution in [0.15, 0.2) is 30.5 Å². The molecule has 0 fully saturated rings. The molecule has 12 nitrogen and oxygen atoms in total. The topological polar surface area (TPSA) is 145 Å². The Labute approximate surface area is 208 Å². The van der Waals surface area contributed by atoms with Crippen LogP contribution in [0.2, 0.25) is 0 Å². The molecule has 0 spiro atoms. The summed E-state index contributed by atoms with van der Waals surface area (Å²) in [5.74, 6) is 2.08. The van der Waals surface area contributed by atoms with Crippen molar-refractivity contribution in [1.29, 1.82) is 0 Å². The number of benzene rings is 1. The average Bonchev–Trinajstić information content (AvgIpc) is 3.47. The normalized spacial score (nSPS) is 11.4. The van der Waals surface area contributed by atoms with E-state index >= 15 is 0 Å². The molecule has 0 atom stereocenters. The zero-order chi connectivity index (χ0) is 25.5. The number of nitrogens with one attached hydrogen (secondary N) is 1. The van der Waals surface area contributed by atoms with Gasteiger partial charge in [-0.3, -0.25) is 9.69 Å². The number of nitrogen functional groups attached to an aromatic ring is 1. The van der Waals surface area contributed by atoms with Crippen molar-refractivity contribution >= 4 is 40.2 Å². The maximum Gasteiger partial charge on any atom is 0.277 e. The minimum Gasteiger partial charge on any atom is -0.497 e. The Morgan fingerprint density at radius 2 is 2.00 bits per heavy atom. The third-order valence-corrected chi connectivity index (χ3v) is 5.87. The van der Waals surface area contributed by atoms with Crippen molar-refractivity contribution in [3.8, 4) is 5.75 Å². The molecule has 0 aliphatic carbocycles. The highest BCUT2D eigenvalue weighted by atomic mass is 16.5. The molecule has 12 heteroatoms. The summed E-state index contributed by atoms with van der Waals surface area (Å²) in [6.45, 7) is 5.03. The van der Waals surface area contributed by atoms with E-state index in [9.17, 15) is 4.79 Å². The molecule has 0 saturated carbocycles. The predicted octanol–water partition coefficient (Wildman–Crippen LogP) is 0.999. The quantitative estimate of drug-likeness (QED) is 0.133. The Kier molecular flexibility index (Phi) is 8.31. The first-order chi connectivity index (χ1) is 17.6. The second kappa shape index (κ2) is 11.8. The summed E-state index contributed by atoms with van der Waals surface area (Å²) in [4.78, 5) is 25.6. The van der Waals surface area contributed by atoms with Gasteiger partial charge in [-0.25, -0.2) is 19.1 Å². The number of hydrogen-bond donors (Lipinski definition) is 3. The molecule has 4 aromatic rings. The number of aromatic nitrogens is 5. The van der Waals surface area contributed by atoms with E-state index in [4.69, 9.17) is 25.1 Å². The maximum absolute atomic E-state index is 12.2. The largest absolute Gasteiger partial charge is 0.497 e. The first-order valence-electron chi connectivity index (χ1n) is 11.8. The number of ether oxygens (including phenoxy) is 3. The average molecular weight is 499 g/mol. The van der Waals surface area contributed by atoms with Crippen LogP contribution in [-0.4, -0.2) is 71.2 Å². The van der Waals surface area contributed by atoms with Crippen LogP contribution in [0.4, 0.5) is 11.6 Å². The van der Waals surface area contributed by atoms with Crippen LogP contribution in [0, 0.1) is 0 Å². The Bertz CT molecular complexity index is 1320. The smallest absolute Gasteiger partial charge is 0.277 e. The number of methoxy groups -OCH3 is 1. The lowest BCUT2D eigenvalue weighted by Crippen LogP contribution is -2.43. The van der Waals surface area contributed by atoms with E-state index in [-0.39, 0.29) is 25.6 Å². The van der Waals surface area contributed by atoms with Crippen molar-refractivity contribution in [1.82, 2.24) is 19.5 Å². The zero-order valence-corrected chi connectivity index (χ0v) is 20.5. The highest BCUT2D eigenvalue weighted by molar-refractivity contribution is 5.84. The fourth-order valence-corrected chi connectivity index (χ4v) is 4.21. The maximum atomic E-state index is 12.2. The molecule has 0 saturated heterocycles. The summed E-state index contributed by atoms with van der Waals surface area (Å²) in [5, 5.41) is 8.82. The van der Waals surface area contributed by atoms with Gasteiger partial charge >= 0.3 is 0 Å². The lowest BCUT2D eigenvalue weighted by molar-refractivity contribution is -0.681. The number of carbonyl (C=O) groups is 1. The second-order valence-corrected chi connectivity index (χ2v) is 7.99. The Hall–Kier alpha value is -3.74. The van der Waals surface area contributed by atoms with E-state index in [1.165, 1.54) is 4.90 Å². The third-order valence-electron chi connectivity index (χ3n) is 5.87. The molecule has 0 bridgehead atoms. The number of fused-ring (bicyclic) bond motifs is 2. The Balaban J connectivity index is 1.67. The van der Waals surface area contributed by atoms with Crippen molar-refractivity contribution in [2.45, 2.75) is 26.6 Å². The minimum absolute atomic E-state index is 0.0155. The molecular weight excluding hydrogens is 466 g/mol. The number of aliphatic hydroxyl groups is 1. The van der Waals surface area contributed by atoms with Crippen molar-refractivity contribution < 1.29 is 28.7 Å². The standard InChI is InChI=1S/C24H32N7O5/c1-3-30-20-14-17(34-2)4-5-19(20)31(8-10-35-12-13-36-11-9-32)21(30)15-29(16-33)24-22(25)28-23-18(27-24)6-7-26-23/h4-7,14,16,32H,3,8-13,15H2,1-2H3,(H3,25,26,28)/q+1. The number of aryl methyl sites for hydroxylation is 1. The van der Waals surface area contributed by atoms with Crippen LogP contribution in [0.1, 0.15) is 12.7 Å². The van der Waals surface area contributed by atoms with E-state index in [2.05, 4.69) is 24.1 Å². The van der Waals surface area contributed by atoms with Gasteiger partial charge < -0.3 is 30.0 Å². The molecule has 0 aliphatic rings. The minimum atomic E-state index is -0.0155. The molecule has 3 aromatic heterocycles. The van der Waals surface area contributed by atoms with Crippen LogP contribution in [0.5, 0.6) is 5.75 Å². The molecule has 192 valence electrons. The molecule has 4 N–H and O–H groups in total. The van der Waals surface area contributed by atoms with Crippen molar-refractivity contribution in [3.63, 3.8) is 0 Å². The summed E-state index contributed by atoms with van der Waals surface area (Å²) in [7, 11) is 1.63. The summed E-state index contributed by atoms with van der Waals surface area (Å²) in [6.07, 6.45) is 2.45. The molecule has 0 radical (unpaired) electrons. The molecule has 1 aromatic carbocycles. The van der Waals surface area contributed by atoms with Crippen LogP contribution in [0.3, 0.4) is 0 Å². The Morgan fingerprint density at radius 1 is 1.19 bits per heavy atom. The third kappa shape index (κ3) is 5.25. The van der Waals surface area contributed by atoms with Crippen molar-refractivity contribution in [2.75, 3.05) is 50.8 Å². The summed E-state index contributed by atoms with van der Waals surface area (Å²) < 4.78 is 20.7. The molecule has 3 heterocycles. The number of carbonyl (C=O) groups excluding carboxylic acids is 1. The summed E-state index contributed by atoms with van der Waals surface area (Å²) in [6, 6.07) is 7.67. The molecule has 0 aliphatic heterocycles. The van der Waals surface area contributed by atoms with Gasteiger partial charge in [0.2, 0.25) is 6.41 Å². The molecule has 0 unspecified atom stereocenters. The Morgan fingerprint density at radius 3 is 2.72 bits per heavy atom. The van der Waals surface area contributed by atoms with Gasteiger partial charge in [0.05, 0.1) is 46.7 Å². The van der Waals surface area contributed by atoms with Gasteiger partial charge in [0.1, 0.15) is 24.4 Å². The number of nitrogens with two attached hydrogens (primary N) is 1. The summed E-state index contributed by atoms with van der Waals surface area (Å²) >= 11 is 0. The first kappa shape index (κ1) is 25.4. The number of nitrogens with zero attached hydrogens (tertiary/aromatic N) is 5. The van der Waals surface area contributed by atoms with Crippen molar-refractivity contribution in [2.24, 2.45) is 0 Å². The number of rotatable bonds is 14. The molecule has 1 amide bonds. The van der Waals surface area contributed by atoms with Gasteiger partial charge in [0.25, 0.3) is 5.82 Å². The van der Waals surface area contributed by atoms with Crippen LogP contribution in [-0.2, 0) is 33.9 Å². The first-order valence-corrected chi connectivity index (χ1v) is 11.8. The fraction of sp³-hybridized carbons (Fsp3) is 0.417. The van der Waals surface area contributed by atoms with E-state index < -0.39 is 0 Å². The van der Waals surface area contributed by atoms with Gasteiger partial charge in [-0.2, -0.15) is 0 Å². The van der Waals surface area contributed by atoms with E-state index in [1.54, 1.807) is 19.4 Å². The second-order valence-electron chi connectivity index (χ2n) is 7.99. The highest BCUT2D eigenvalue weighted by Crippen LogP contribution is 2.25. The van der Waals surface area contributed by atoms with Crippen LogP contribution >= 0.6 is 0 Å². The zero-order valence-electron chi connectivity index (χ0n) is 20.5. The lowest BCUT2D eigenvalue weighted by atomic mass is 10.3. The number of amides is 1. The van der Waals surface area contributed by atoms with Gasteiger partial charge in [-0.1, -0.05) is 0 Å². The number of aromatic amines is 1. The predicted molar refractivity (Wildman–Crippen MR) is 134 cm³/mol. The van der Waals surface area contributed by atoms with Gasteiger partial charge in [-0.15, -0.1) is 0 Å². The van der Waals surface area contributed by atoms with E-state index in [1.807, 2.05) is 25.1 Å². The summed E-state index contributed by atoms with van der Waals surface area (Å²) in [5.41, 5.74) is 9.32. The SMILES string of the molecule is CCn1c(CN(C=O)c2nc3cc[nH]c3nc2N)[n+](CCOCCOCCO)c2ccc(OC)cc21. The van der Waals surface area contributed by atoms with Gasteiger partial charge in [-0.05, 0) is 25.1 Å². The lowest BCUT2D eigenvalue weighted by Gasteiger charge is -2.17. The number of anilines is 2. The van der Waals surface area contributed by atoms with E-state index in [0.717, 1.165) is 29.0 Å². The molecule has 4 rings (SSSR count). The van der Waals surface area contributed by atoms with E-state index in [0.29, 0.717) is 49.9 Å².